The third kappa shape index (κ3) is 3.79. The first kappa shape index (κ1) is 11.7. The molecular formula is C10H10Br2N2. The molecule has 1 aromatic carbocycles. The van der Waals surface area contributed by atoms with Crippen LogP contribution in [0.1, 0.15) is 12.0 Å². The maximum atomic E-state index is 8.34. The predicted molar refractivity (Wildman–Crippen MR) is 63.8 cm³/mol. The Morgan fingerprint density at radius 2 is 2.07 bits per heavy atom. The number of nitriles is 1. The van der Waals surface area contributed by atoms with E-state index in [2.05, 4.69) is 49.3 Å². The first-order chi connectivity index (χ1) is 6.74. The molecule has 0 aliphatic carbocycles. The van der Waals surface area contributed by atoms with Crippen molar-refractivity contribution in [1.29, 1.82) is 5.26 Å². The molecule has 0 saturated heterocycles. The number of rotatable bonds is 4. The van der Waals surface area contributed by atoms with Gasteiger partial charge in [-0.1, -0.05) is 6.07 Å². The summed E-state index contributed by atoms with van der Waals surface area (Å²) in [5, 5.41) is 11.5. The fraction of sp³-hybridized carbons (Fsp3) is 0.300. The quantitative estimate of drug-likeness (QED) is 0.866. The van der Waals surface area contributed by atoms with Gasteiger partial charge in [0.1, 0.15) is 0 Å². The Morgan fingerprint density at radius 1 is 1.29 bits per heavy atom. The summed E-state index contributed by atoms with van der Waals surface area (Å²) >= 11 is 6.85. The molecule has 0 spiro atoms. The summed E-state index contributed by atoms with van der Waals surface area (Å²) in [6.45, 7) is 1.54. The summed E-state index contributed by atoms with van der Waals surface area (Å²) in [5.74, 6) is 0. The van der Waals surface area contributed by atoms with Crippen molar-refractivity contribution in [3.63, 3.8) is 0 Å². The highest BCUT2D eigenvalue weighted by molar-refractivity contribution is 9.13. The molecule has 1 rings (SSSR count). The van der Waals surface area contributed by atoms with Crippen LogP contribution in [0.3, 0.4) is 0 Å². The third-order valence-electron chi connectivity index (χ3n) is 1.73. The second kappa shape index (κ2) is 6.18. The molecule has 0 heterocycles. The lowest BCUT2D eigenvalue weighted by molar-refractivity contribution is 0.698. The average Bonchev–Trinajstić information content (AvgIpc) is 2.18. The molecular weight excluding hydrogens is 308 g/mol. The van der Waals surface area contributed by atoms with Crippen molar-refractivity contribution >= 4 is 31.9 Å². The van der Waals surface area contributed by atoms with E-state index in [9.17, 15) is 0 Å². The smallest absolute Gasteiger partial charge is 0.0635 e. The Labute approximate surface area is 101 Å². The molecule has 1 aromatic rings. The van der Waals surface area contributed by atoms with Crippen LogP contribution in [0.15, 0.2) is 27.1 Å². The Kier molecular flexibility index (Phi) is 5.16. The highest BCUT2D eigenvalue weighted by Crippen LogP contribution is 2.23. The van der Waals surface area contributed by atoms with Crippen LogP contribution in [-0.4, -0.2) is 6.54 Å². The van der Waals surface area contributed by atoms with E-state index in [0.717, 1.165) is 22.0 Å². The zero-order valence-electron chi connectivity index (χ0n) is 7.56. The van der Waals surface area contributed by atoms with Crippen LogP contribution in [0.5, 0.6) is 0 Å². The van der Waals surface area contributed by atoms with E-state index >= 15 is 0 Å². The minimum Gasteiger partial charge on any atom is -0.312 e. The number of hydrogen-bond donors (Lipinski definition) is 1. The van der Waals surface area contributed by atoms with Crippen LogP contribution in [0.25, 0.3) is 0 Å². The van der Waals surface area contributed by atoms with Gasteiger partial charge in [-0.3, -0.25) is 0 Å². The minimum atomic E-state index is 0.553. The van der Waals surface area contributed by atoms with E-state index in [4.69, 9.17) is 5.26 Å². The lowest BCUT2D eigenvalue weighted by atomic mass is 10.2. The summed E-state index contributed by atoms with van der Waals surface area (Å²) in [7, 11) is 0. The van der Waals surface area contributed by atoms with Gasteiger partial charge in [0.2, 0.25) is 0 Å². The van der Waals surface area contributed by atoms with Gasteiger partial charge in [0.25, 0.3) is 0 Å². The summed E-state index contributed by atoms with van der Waals surface area (Å²) in [6, 6.07) is 8.21. The number of hydrogen-bond acceptors (Lipinski definition) is 2. The fourth-order valence-electron chi connectivity index (χ4n) is 1.03. The molecule has 0 aliphatic rings. The van der Waals surface area contributed by atoms with Gasteiger partial charge < -0.3 is 5.32 Å². The van der Waals surface area contributed by atoms with Gasteiger partial charge >= 0.3 is 0 Å². The van der Waals surface area contributed by atoms with Gasteiger partial charge in [0, 0.05) is 28.5 Å². The minimum absolute atomic E-state index is 0.553. The van der Waals surface area contributed by atoms with E-state index in [1.54, 1.807) is 0 Å². The lowest BCUT2D eigenvalue weighted by Crippen LogP contribution is -2.13. The largest absolute Gasteiger partial charge is 0.312 e. The van der Waals surface area contributed by atoms with E-state index in [1.165, 1.54) is 5.56 Å². The van der Waals surface area contributed by atoms with Gasteiger partial charge in [-0.25, -0.2) is 0 Å². The Hall–Kier alpha value is -0.370. The second-order valence-electron chi connectivity index (χ2n) is 2.83. The third-order valence-corrected chi connectivity index (χ3v) is 3.61. The molecule has 0 aromatic heterocycles. The SMILES string of the molecule is N#CCCNCc1ccc(Br)c(Br)c1. The zero-order valence-corrected chi connectivity index (χ0v) is 10.7. The van der Waals surface area contributed by atoms with Gasteiger partial charge in [0.05, 0.1) is 6.07 Å². The van der Waals surface area contributed by atoms with Crippen molar-refractivity contribution in [2.24, 2.45) is 0 Å². The number of nitrogens with zero attached hydrogens (tertiary/aromatic N) is 1. The van der Waals surface area contributed by atoms with Crippen molar-refractivity contribution in [2.45, 2.75) is 13.0 Å². The molecule has 0 fully saturated rings. The lowest BCUT2D eigenvalue weighted by Gasteiger charge is -2.04. The van der Waals surface area contributed by atoms with E-state index in [1.807, 2.05) is 12.1 Å². The van der Waals surface area contributed by atoms with Gasteiger partial charge in [0.15, 0.2) is 0 Å². The molecule has 4 heteroatoms. The number of benzene rings is 1. The van der Waals surface area contributed by atoms with Crippen LogP contribution < -0.4 is 5.32 Å². The van der Waals surface area contributed by atoms with Gasteiger partial charge in [-0.05, 0) is 49.6 Å². The number of halogens is 2. The summed E-state index contributed by atoms with van der Waals surface area (Å²) in [5.41, 5.74) is 1.21. The first-order valence-electron chi connectivity index (χ1n) is 4.25. The Morgan fingerprint density at radius 3 is 2.71 bits per heavy atom. The van der Waals surface area contributed by atoms with Crippen molar-refractivity contribution in [1.82, 2.24) is 5.32 Å². The van der Waals surface area contributed by atoms with Crippen molar-refractivity contribution in [3.05, 3.63) is 32.7 Å². The Bertz CT molecular complexity index is 344. The van der Waals surface area contributed by atoms with Crippen molar-refractivity contribution < 1.29 is 0 Å². The molecule has 2 nitrogen and oxygen atoms in total. The molecule has 0 atom stereocenters. The van der Waals surface area contributed by atoms with Crippen LogP contribution >= 0.6 is 31.9 Å². The summed E-state index contributed by atoms with van der Waals surface area (Å²) in [4.78, 5) is 0. The van der Waals surface area contributed by atoms with Crippen molar-refractivity contribution in [3.8, 4) is 6.07 Å². The molecule has 74 valence electrons. The topological polar surface area (TPSA) is 35.8 Å². The average molecular weight is 318 g/mol. The van der Waals surface area contributed by atoms with Crippen LogP contribution in [-0.2, 0) is 6.54 Å². The molecule has 1 N–H and O–H groups in total. The summed E-state index contributed by atoms with van der Waals surface area (Å²) < 4.78 is 2.11. The summed E-state index contributed by atoms with van der Waals surface area (Å²) in [6.07, 6.45) is 0.553. The molecule has 0 bridgehead atoms. The van der Waals surface area contributed by atoms with E-state index in [-0.39, 0.29) is 0 Å². The molecule has 0 radical (unpaired) electrons. The monoisotopic (exact) mass is 316 g/mol. The second-order valence-corrected chi connectivity index (χ2v) is 4.54. The van der Waals surface area contributed by atoms with Gasteiger partial charge in [-0.2, -0.15) is 5.26 Å². The predicted octanol–water partition coefficient (Wildman–Crippen LogP) is 3.21. The van der Waals surface area contributed by atoms with Crippen LogP contribution in [0.2, 0.25) is 0 Å². The fourth-order valence-corrected chi connectivity index (χ4v) is 1.70. The van der Waals surface area contributed by atoms with Crippen LogP contribution in [0, 0.1) is 11.3 Å². The normalized spacial score (nSPS) is 9.79. The first-order valence-corrected chi connectivity index (χ1v) is 5.84. The van der Waals surface area contributed by atoms with E-state index in [0.29, 0.717) is 6.42 Å². The molecule has 0 unspecified atom stereocenters. The molecule has 14 heavy (non-hydrogen) atoms. The maximum Gasteiger partial charge on any atom is 0.0635 e. The number of nitrogens with one attached hydrogen (secondary N) is 1. The Balaban J connectivity index is 2.44. The standard InChI is InChI=1S/C10H10Br2N2/c11-9-3-2-8(6-10(9)12)7-14-5-1-4-13/h2-3,6,14H,1,5,7H2. The van der Waals surface area contributed by atoms with Crippen LogP contribution in [0.4, 0.5) is 0 Å². The molecule has 0 aliphatic heterocycles. The molecule has 0 saturated carbocycles. The zero-order chi connectivity index (χ0) is 10.4. The highest BCUT2D eigenvalue weighted by atomic mass is 79.9. The van der Waals surface area contributed by atoms with E-state index < -0.39 is 0 Å². The molecule has 0 amide bonds. The van der Waals surface area contributed by atoms with Gasteiger partial charge in [-0.15, -0.1) is 0 Å². The maximum absolute atomic E-state index is 8.34. The highest BCUT2D eigenvalue weighted by Gasteiger charge is 1.97. The van der Waals surface area contributed by atoms with Crippen molar-refractivity contribution in [2.75, 3.05) is 6.54 Å².